The molecule has 0 bridgehead atoms. The van der Waals surface area contributed by atoms with E-state index in [1.54, 1.807) is 0 Å². The standard InChI is InChI=1S/C18H26N2O/c1-3-14-21-18-10-5-4-9-17(18)15-19-11-13-20-12-7-6-8-16(20)2/h1,4-5,9-10,16,19H,6-8,11-15H2,2H3. The van der Waals surface area contributed by atoms with Crippen LogP contribution in [0.15, 0.2) is 24.3 Å². The third-order valence-corrected chi connectivity index (χ3v) is 4.12. The Labute approximate surface area is 128 Å². The maximum atomic E-state index is 5.56. The summed E-state index contributed by atoms with van der Waals surface area (Å²) in [6.45, 7) is 6.85. The summed E-state index contributed by atoms with van der Waals surface area (Å²) >= 11 is 0. The molecule has 21 heavy (non-hydrogen) atoms. The lowest BCUT2D eigenvalue weighted by molar-refractivity contribution is 0.161. The Kier molecular flexibility index (Phi) is 6.59. The van der Waals surface area contributed by atoms with Gasteiger partial charge >= 0.3 is 0 Å². The molecule has 1 heterocycles. The minimum atomic E-state index is 0.322. The second-order valence-corrected chi connectivity index (χ2v) is 5.66. The molecule has 0 aliphatic carbocycles. The summed E-state index contributed by atoms with van der Waals surface area (Å²) in [5.41, 5.74) is 1.17. The van der Waals surface area contributed by atoms with E-state index in [0.29, 0.717) is 6.61 Å². The van der Waals surface area contributed by atoms with E-state index < -0.39 is 0 Å². The number of terminal acetylenes is 1. The molecule has 1 unspecified atom stereocenters. The first kappa shape index (κ1) is 15.9. The van der Waals surface area contributed by atoms with Crippen molar-refractivity contribution in [1.29, 1.82) is 0 Å². The van der Waals surface area contributed by atoms with Crippen LogP contribution >= 0.6 is 0 Å². The second kappa shape index (κ2) is 8.71. The molecule has 1 fully saturated rings. The topological polar surface area (TPSA) is 24.5 Å². The van der Waals surface area contributed by atoms with Crippen LogP contribution in [0.5, 0.6) is 5.75 Å². The SMILES string of the molecule is C#CCOc1ccccc1CNCCN1CCCCC1C. The molecule has 0 amide bonds. The van der Waals surface area contributed by atoms with Gasteiger partial charge in [0.2, 0.25) is 0 Å². The summed E-state index contributed by atoms with van der Waals surface area (Å²) < 4.78 is 5.56. The summed E-state index contributed by atoms with van der Waals surface area (Å²) in [4.78, 5) is 2.58. The molecule has 0 aromatic heterocycles. The van der Waals surface area contributed by atoms with Gasteiger partial charge < -0.3 is 10.1 Å². The van der Waals surface area contributed by atoms with E-state index in [0.717, 1.165) is 31.4 Å². The fourth-order valence-electron chi connectivity index (χ4n) is 2.85. The lowest BCUT2D eigenvalue weighted by atomic mass is 10.0. The van der Waals surface area contributed by atoms with Crippen LogP contribution in [0.2, 0.25) is 0 Å². The molecule has 2 rings (SSSR count). The van der Waals surface area contributed by atoms with Crippen molar-refractivity contribution in [3.63, 3.8) is 0 Å². The Morgan fingerprint density at radius 3 is 3.05 bits per heavy atom. The summed E-state index contributed by atoms with van der Waals surface area (Å²) in [5.74, 6) is 3.39. The first-order valence-electron chi connectivity index (χ1n) is 7.90. The molecule has 1 aromatic rings. The highest BCUT2D eigenvalue weighted by atomic mass is 16.5. The number of benzene rings is 1. The zero-order valence-electron chi connectivity index (χ0n) is 13.0. The van der Waals surface area contributed by atoms with Gasteiger partial charge in [-0.15, -0.1) is 6.42 Å². The fraction of sp³-hybridized carbons (Fsp3) is 0.556. The molecular weight excluding hydrogens is 260 g/mol. The predicted molar refractivity (Wildman–Crippen MR) is 87.4 cm³/mol. The minimum absolute atomic E-state index is 0.322. The van der Waals surface area contributed by atoms with Crippen molar-refractivity contribution in [2.45, 2.75) is 38.8 Å². The van der Waals surface area contributed by atoms with Crippen molar-refractivity contribution in [3.05, 3.63) is 29.8 Å². The first-order valence-corrected chi connectivity index (χ1v) is 7.90. The lowest BCUT2D eigenvalue weighted by Crippen LogP contribution is -2.41. The van der Waals surface area contributed by atoms with E-state index in [1.807, 2.05) is 18.2 Å². The predicted octanol–water partition coefficient (Wildman–Crippen LogP) is 2.66. The van der Waals surface area contributed by atoms with Crippen LogP contribution in [-0.2, 0) is 6.54 Å². The number of para-hydroxylation sites is 1. The summed E-state index contributed by atoms with van der Waals surface area (Å²) in [6.07, 6.45) is 9.30. The molecule has 0 radical (unpaired) electrons. The Morgan fingerprint density at radius 2 is 2.24 bits per heavy atom. The zero-order chi connectivity index (χ0) is 14.9. The normalized spacial score (nSPS) is 19.1. The van der Waals surface area contributed by atoms with Crippen molar-refractivity contribution in [2.24, 2.45) is 0 Å². The monoisotopic (exact) mass is 286 g/mol. The number of piperidine rings is 1. The zero-order valence-corrected chi connectivity index (χ0v) is 13.0. The van der Waals surface area contributed by atoms with Gasteiger partial charge in [0, 0.05) is 31.2 Å². The van der Waals surface area contributed by atoms with Crippen LogP contribution in [0, 0.1) is 12.3 Å². The van der Waals surface area contributed by atoms with E-state index in [-0.39, 0.29) is 0 Å². The van der Waals surface area contributed by atoms with Crippen molar-refractivity contribution < 1.29 is 4.74 Å². The van der Waals surface area contributed by atoms with E-state index >= 15 is 0 Å². The summed E-state index contributed by atoms with van der Waals surface area (Å²) in [6, 6.07) is 8.80. The number of nitrogens with zero attached hydrogens (tertiary/aromatic N) is 1. The van der Waals surface area contributed by atoms with E-state index in [2.05, 4.69) is 29.1 Å². The van der Waals surface area contributed by atoms with Gasteiger partial charge in [0.15, 0.2) is 0 Å². The Balaban J connectivity index is 1.74. The van der Waals surface area contributed by atoms with Crippen LogP contribution in [0.3, 0.4) is 0 Å². The third-order valence-electron chi connectivity index (χ3n) is 4.12. The molecule has 3 heteroatoms. The van der Waals surface area contributed by atoms with Gasteiger partial charge in [0.25, 0.3) is 0 Å². The van der Waals surface area contributed by atoms with Crippen LogP contribution in [0.4, 0.5) is 0 Å². The van der Waals surface area contributed by atoms with E-state index in [9.17, 15) is 0 Å². The highest BCUT2D eigenvalue weighted by Gasteiger charge is 2.17. The molecule has 0 spiro atoms. The second-order valence-electron chi connectivity index (χ2n) is 5.66. The number of likely N-dealkylation sites (tertiary alicyclic amines) is 1. The number of ether oxygens (including phenoxy) is 1. The first-order chi connectivity index (χ1) is 10.3. The van der Waals surface area contributed by atoms with E-state index in [4.69, 9.17) is 11.2 Å². The van der Waals surface area contributed by atoms with Crippen LogP contribution in [0.25, 0.3) is 0 Å². The third kappa shape index (κ3) is 5.08. The van der Waals surface area contributed by atoms with Gasteiger partial charge in [0.1, 0.15) is 12.4 Å². The molecule has 1 N–H and O–H groups in total. The molecule has 1 saturated heterocycles. The van der Waals surface area contributed by atoms with Gasteiger partial charge in [0.05, 0.1) is 0 Å². The van der Waals surface area contributed by atoms with Gasteiger partial charge in [-0.1, -0.05) is 30.5 Å². The Hall–Kier alpha value is -1.50. The number of hydrogen-bond donors (Lipinski definition) is 1. The van der Waals surface area contributed by atoms with Crippen LogP contribution < -0.4 is 10.1 Å². The Morgan fingerprint density at radius 1 is 1.38 bits per heavy atom. The summed E-state index contributed by atoms with van der Waals surface area (Å²) in [7, 11) is 0. The number of rotatable bonds is 7. The molecule has 114 valence electrons. The Bertz CT molecular complexity index is 467. The number of hydrogen-bond acceptors (Lipinski definition) is 3. The fourth-order valence-corrected chi connectivity index (χ4v) is 2.85. The molecular formula is C18H26N2O. The summed E-state index contributed by atoms with van der Waals surface area (Å²) in [5, 5.41) is 3.51. The van der Waals surface area contributed by atoms with Crippen LogP contribution in [0.1, 0.15) is 31.7 Å². The maximum absolute atomic E-state index is 5.56. The molecule has 0 saturated carbocycles. The van der Waals surface area contributed by atoms with Crippen molar-refractivity contribution in [1.82, 2.24) is 10.2 Å². The van der Waals surface area contributed by atoms with Gasteiger partial charge in [-0.05, 0) is 32.4 Å². The van der Waals surface area contributed by atoms with Gasteiger partial charge in [-0.3, -0.25) is 4.90 Å². The molecule has 1 aliphatic heterocycles. The van der Waals surface area contributed by atoms with Crippen molar-refractivity contribution in [3.8, 4) is 18.1 Å². The quantitative estimate of drug-likeness (QED) is 0.616. The van der Waals surface area contributed by atoms with Gasteiger partial charge in [-0.25, -0.2) is 0 Å². The lowest BCUT2D eigenvalue weighted by Gasteiger charge is -2.33. The highest BCUT2D eigenvalue weighted by molar-refractivity contribution is 5.33. The smallest absolute Gasteiger partial charge is 0.148 e. The van der Waals surface area contributed by atoms with Crippen molar-refractivity contribution >= 4 is 0 Å². The average molecular weight is 286 g/mol. The van der Waals surface area contributed by atoms with Crippen LogP contribution in [-0.4, -0.2) is 37.2 Å². The molecule has 1 atom stereocenters. The molecule has 3 nitrogen and oxygen atoms in total. The highest BCUT2D eigenvalue weighted by Crippen LogP contribution is 2.18. The average Bonchev–Trinajstić information content (AvgIpc) is 2.52. The molecule has 1 aromatic carbocycles. The van der Waals surface area contributed by atoms with Gasteiger partial charge in [-0.2, -0.15) is 0 Å². The minimum Gasteiger partial charge on any atom is -0.481 e. The molecule has 1 aliphatic rings. The maximum Gasteiger partial charge on any atom is 0.148 e. The largest absolute Gasteiger partial charge is 0.481 e. The number of nitrogens with one attached hydrogen (secondary N) is 1. The van der Waals surface area contributed by atoms with Crippen molar-refractivity contribution in [2.75, 3.05) is 26.2 Å². The van der Waals surface area contributed by atoms with E-state index in [1.165, 1.54) is 31.4 Å².